The van der Waals surface area contributed by atoms with Gasteiger partial charge in [0, 0.05) is 17.8 Å². The molecule has 1 heterocycles. The van der Waals surface area contributed by atoms with Gasteiger partial charge in [0.1, 0.15) is 5.69 Å². The lowest BCUT2D eigenvalue weighted by Gasteiger charge is -2.08. The summed E-state index contributed by atoms with van der Waals surface area (Å²) in [4.78, 5) is 13.9. The molecule has 1 aromatic heterocycles. The molecule has 0 spiro atoms. The van der Waals surface area contributed by atoms with E-state index in [1.807, 2.05) is 0 Å². The standard InChI is InChI=1S/C12H7F3N2O2/c13-12(14,15)9-4-1-3-8(7-9)11-10(17(18)19)5-2-6-16-11/h1-7H. The van der Waals surface area contributed by atoms with Gasteiger partial charge in [0.15, 0.2) is 0 Å². The molecule has 0 bridgehead atoms. The molecule has 4 nitrogen and oxygen atoms in total. The molecule has 1 aromatic carbocycles. The molecule has 0 aliphatic carbocycles. The Bertz CT molecular complexity index is 626. The molecule has 0 radical (unpaired) electrons. The van der Waals surface area contributed by atoms with E-state index in [0.717, 1.165) is 12.1 Å². The van der Waals surface area contributed by atoms with Gasteiger partial charge in [-0.15, -0.1) is 0 Å². The van der Waals surface area contributed by atoms with Crippen molar-refractivity contribution >= 4 is 5.69 Å². The van der Waals surface area contributed by atoms with E-state index in [2.05, 4.69) is 4.98 Å². The second kappa shape index (κ2) is 4.68. The minimum Gasteiger partial charge on any atom is -0.258 e. The maximum atomic E-state index is 12.6. The summed E-state index contributed by atoms with van der Waals surface area (Å²) in [6.07, 6.45) is -3.21. The average Bonchev–Trinajstić information content (AvgIpc) is 2.38. The zero-order chi connectivity index (χ0) is 14.0. The first-order valence-corrected chi connectivity index (χ1v) is 5.16. The number of alkyl halides is 3. The number of hydrogen-bond donors (Lipinski definition) is 0. The van der Waals surface area contributed by atoms with Crippen LogP contribution in [-0.4, -0.2) is 9.91 Å². The topological polar surface area (TPSA) is 56.0 Å². The molecule has 0 saturated heterocycles. The third kappa shape index (κ3) is 2.70. The van der Waals surface area contributed by atoms with Gasteiger partial charge < -0.3 is 0 Å². The van der Waals surface area contributed by atoms with Crippen LogP contribution in [0.15, 0.2) is 42.6 Å². The largest absolute Gasteiger partial charge is 0.416 e. The van der Waals surface area contributed by atoms with E-state index < -0.39 is 16.7 Å². The molecule has 7 heteroatoms. The number of aromatic nitrogens is 1. The molecule has 0 aliphatic rings. The lowest BCUT2D eigenvalue weighted by molar-refractivity contribution is -0.384. The van der Waals surface area contributed by atoms with Crippen molar-refractivity contribution in [1.82, 2.24) is 4.98 Å². The van der Waals surface area contributed by atoms with Gasteiger partial charge in [0.05, 0.1) is 10.5 Å². The molecular formula is C12H7F3N2O2. The Morgan fingerprint density at radius 2 is 1.89 bits per heavy atom. The van der Waals surface area contributed by atoms with Crippen molar-refractivity contribution in [1.29, 1.82) is 0 Å². The Morgan fingerprint density at radius 1 is 1.16 bits per heavy atom. The highest BCUT2D eigenvalue weighted by molar-refractivity contribution is 5.69. The molecular weight excluding hydrogens is 261 g/mol. The van der Waals surface area contributed by atoms with Gasteiger partial charge in [-0.3, -0.25) is 10.1 Å². The molecule has 0 amide bonds. The fraction of sp³-hybridized carbons (Fsp3) is 0.0833. The molecule has 0 aliphatic heterocycles. The number of halogens is 3. The highest BCUT2D eigenvalue weighted by atomic mass is 19.4. The van der Waals surface area contributed by atoms with Gasteiger partial charge in [0.25, 0.3) is 5.69 Å². The number of nitro groups is 1. The van der Waals surface area contributed by atoms with Crippen molar-refractivity contribution in [3.63, 3.8) is 0 Å². The molecule has 2 aromatic rings. The van der Waals surface area contributed by atoms with Gasteiger partial charge in [-0.1, -0.05) is 12.1 Å². The van der Waals surface area contributed by atoms with Crippen LogP contribution in [0.2, 0.25) is 0 Å². The Balaban J connectivity index is 2.57. The van der Waals surface area contributed by atoms with Crippen LogP contribution in [0.5, 0.6) is 0 Å². The molecule has 19 heavy (non-hydrogen) atoms. The molecule has 0 fully saturated rings. The summed E-state index contributed by atoms with van der Waals surface area (Å²) in [5, 5.41) is 10.8. The maximum Gasteiger partial charge on any atom is 0.416 e. The fourth-order valence-corrected chi connectivity index (χ4v) is 1.61. The second-order valence-corrected chi connectivity index (χ2v) is 3.71. The summed E-state index contributed by atoms with van der Waals surface area (Å²) in [6.45, 7) is 0. The molecule has 98 valence electrons. The summed E-state index contributed by atoms with van der Waals surface area (Å²) in [5.74, 6) is 0. The minimum atomic E-state index is -4.50. The molecule has 0 saturated carbocycles. The van der Waals surface area contributed by atoms with Crippen LogP contribution < -0.4 is 0 Å². The zero-order valence-electron chi connectivity index (χ0n) is 9.39. The molecule has 0 unspecified atom stereocenters. The van der Waals surface area contributed by atoms with Crippen LogP contribution in [0.3, 0.4) is 0 Å². The highest BCUT2D eigenvalue weighted by Crippen LogP contribution is 2.33. The molecule has 2 rings (SSSR count). The predicted molar refractivity (Wildman–Crippen MR) is 61.3 cm³/mol. The van der Waals surface area contributed by atoms with E-state index in [4.69, 9.17) is 0 Å². The first-order valence-electron chi connectivity index (χ1n) is 5.16. The van der Waals surface area contributed by atoms with E-state index in [1.54, 1.807) is 0 Å². The maximum absolute atomic E-state index is 12.6. The third-order valence-electron chi connectivity index (χ3n) is 2.45. The Hall–Kier alpha value is -2.44. The first-order chi connectivity index (χ1) is 8.89. The van der Waals surface area contributed by atoms with E-state index >= 15 is 0 Å². The summed E-state index contributed by atoms with van der Waals surface area (Å²) in [7, 11) is 0. The van der Waals surface area contributed by atoms with Crippen molar-refractivity contribution in [2.45, 2.75) is 6.18 Å². The molecule has 0 atom stereocenters. The predicted octanol–water partition coefficient (Wildman–Crippen LogP) is 3.68. The first kappa shape index (κ1) is 13.0. The van der Waals surface area contributed by atoms with Gasteiger partial charge >= 0.3 is 6.18 Å². The van der Waals surface area contributed by atoms with Gasteiger partial charge in [-0.25, -0.2) is 4.98 Å². The number of nitrogens with zero attached hydrogens (tertiary/aromatic N) is 2. The lowest BCUT2D eigenvalue weighted by atomic mass is 10.1. The second-order valence-electron chi connectivity index (χ2n) is 3.71. The van der Waals surface area contributed by atoms with Crippen molar-refractivity contribution in [2.75, 3.05) is 0 Å². The van der Waals surface area contributed by atoms with E-state index in [1.165, 1.54) is 30.5 Å². The number of hydrogen-bond acceptors (Lipinski definition) is 3. The van der Waals surface area contributed by atoms with Crippen LogP contribution in [0.25, 0.3) is 11.3 Å². The summed E-state index contributed by atoms with van der Waals surface area (Å²) in [5.41, 5.74) is -1.23. The molecule has 0 N–H and O–H groups in total. The monoisotopic (exact) mass is 268 g/mol. The Kier molecular flexibility index (Phi) is 3.20. The zero-order valence-corrected chi connectivity index (χ0v) is 9.39. The highest BCUT2D eigenvalue weighted by Gasteiger charge is 2.31. The van der Waals surface area contributed by atoms with Crippen molar-refractivity contribution in [3.8, 4) is 11.3 Å². The number of rotatable bonds is 2. The SMILES string of the molecule is O=[N+]([O-])c1cccnc1-c1cccc(C(F)(F)F)c1. The Labute approximate surface area is 105 Å². The smallest absolute Gasteiger partial charge is 0.258 e. The van der Waals surface area contributed by atoms with Crippen LogP contribution >= 0.6 is 0 Å². The number of benzene rings is 1. The third-order valence-corrected chi connectivity index (χ3v) is 2.45. The average molecular weight is 268 g/mol. The summed E-state index contributed by atoms with van der Waals surface area (Å²) < 4.78 is 37.8. The number of pyridine rings is 1. The fourth-order valence-electron chi connectivity index (χ4n) is 1.61. The summed E-state index contributed by atoms with van der Waals surface area (Å²) >= 11 is 0. The lowest BCUT2D eigenvalue weighted by Crippen LogP contribution is -2.05. The van der Waals surface area contributed by atoms with E-state index in [-0.39, 0.29) is 16.9 Å². The quantitative estimate of drug-likeness (QED) is 0.616. The summed E-state index contributed by atoms with van der Waals surface area (Å²) in [6, 6.07) is 6.84. The van der Waals surface area contributed by atoms with Crippen LogP contribution in [-0.2, 0) is 6.18 Å². The van der Waals surface area contributed by atoms with Crippen LogP contribution in [0.1, 0.15) is 5.56 Å². The normalized spacial score (nSPS) is 11.3. The van der Waals surface area contributed by atoms with Crippen LogP contribution in [0.4, 0.5) is 18.9 Å². The van der Waals surface area contributed by atoms with Crippen LogP contribution in [0, 0.1) is 10.1 Å². The van der Waals surface area contributed by atoms with Crippen molar-refractivity contribution in [2.24, 2.45) is 0 Å². The minimum absolute atomic E-state index is 0.0575. The van der Waals surface area contributed by atoms with Gasteiger partial charge in [-0.05, 0) is 18.2 Å². The van der Waals surface area contributed by atoms with Gasteiger partial charge in [-0.2, -0.15) is 13.2 Å². The van der Waals surface area contributed by atoms with Gasteiger partial charge in [0.2, 0.25) is 0 Å². The van der Waals surface area contributed by atoms with Crippen molar-refractivity contribution < 1.29 is 18.1 Å². The Morgan fingerprint density at radius 3 is 2.53 bits per heavy atom. The van der Waals surface area contributed by atoms with E-state index in [9.17, 15) is 23.3 Å². The van der Waals surface area contributed by atoms with E-state index in [0.29, 0.717) is 0 Å². The van der Waals surface area contributed by atoms with Crippen molar-refractivity contribution in [3.05, 3.63) is 58.3 Å².